The largest absolute Gasteiger partial charge is 0.362 e. The van der Waals surface area contributed by atoms with Crippen molar-refractivity contribution in [2.45, 2.75) is 38.8 Å². The lowest BCUT2D eigenvalue weighted by Gasteiger charge is -2.18. The second kappa shape index (κ2) is 7.05. The van der Waals surface area contributed by atoms with Crippen LogP contribution in [0.25, 0.3) is 21.7 Å². The SMILES string of the molecule is Cc1cc(C(C)Nc2nn(C)c(=O)c3cc(=O)n(C4CC4)cc23)cc2c1c(C#N)nn2C. The van der Waals surface area contributed by atoms with E-state index >= 15 is 0 Å². The molecule has 1 saturated carbocycles. The minimum atomic E-state index is -0.297. The van der Waals surface area contributed by atoms with Gasteiger partial charge in [0.1, 0.15) is 6.07 Å². The van der Waals surface area contributed by atoms with Crippen molar-refractivity contribution < 1.29 is 0 Å². The summed E-state index contributed by atoms with van der Waals surface area (Å²) in [5, 5.41) is 23.4. The maximum atomic E-state index is 12.6. The minimum absolute atomic E-state index is 0.145. The molecule has 1 aliphatic rings. The normalized spacial score (nSPS) is 14.6. The predicted molar refractivity (Wildman–Crippen MR) is 122 cm³/mol. The summed E-state index contributed by atoms with van der Waals surface area (Å²) in [6, 6.07) is 7.68. The van der Waals surface area contributed by atoms with Crippen molar-refractivity contribution in [1.82, 2.24) is 24.1 Å². The van der Waals surface area contributed by atoms with E-state index in [1.54, 1.807) is 22.5 Å². The van der Waals surface area contributed by atoms with Crippen molar-refractivity contribution in [1.29, 1.82) is 5.26 Å². The number of aromatic nitrogens is 5. The molecule has 0 amide bonds. The Morgan fingerprint density at radius 2 is 1.88 bits per heavy atom. The number of hydrogen-bond donors (Lipinski definition) is 1. The lowest BCUT2D eigenvalue weighted by Crippen LogP contribution is -2.26. The highest BCUT2D eigenvalue weighted by Crippen LogP contribution is 2.35. The average Bonchev–Trinajstić information content (AvgIpc) is 3.55. The average molecular weight is 429 g/mol. The van der Waals surface area contributed by atoms with Gasteiger partial charge in [-0.1, -0.05) is 6.07 Å². The third kappa shape index (κ3) is 3.07. The van der Waals surface area contributed by atoms with E-state index in [1.165, 1.54) is 10.7 Å². The standard InChI is InChI=1S/C23H23N7O2/c1-12-7-14(8-19-21(12)18(10-24)26-28(19)3)13(2)25-22-17-11-30(15-5-6-15)20(31)9-16(17)23(32)29(4)27-22/h7-9,11,13,15H,5-6H2,1-4H3,(H,25,27). The Morgan fingerprint density at radius 1 is 1.12 bits per heavy atom. The van der Waals surface area contributed by atoms with Gasteiger partial charge in [-0.05, 0) is 43.9 Å². The monoisotopic (exact) mass is 429 g/mol. The first-order valence-corrected chi connectivity index (χ1v) is 10.6. The molecule has 4 aromatic rings. The van der Waals surface area contributed by atoms with E-state index in [0.29, 0.717) is 22.3 Å². The van der Waals surface area contributed by atoms with Crippen LogP contribution in [0.3, 0.4) is 0 Å². The van der Waals surface area contributed by atoms with E-state index in [4.69, 9.17) is 0 Å². The number of nitriles is 1. The van der Waals surface area contributed by atoms with Crippen molar-refractivity contribution in [2.75, 3.05) is 5.32 Å². The molecule has 0 spiro atoms. The van der Waals surface area contributed by atoms with Crippen LogP contribution in [-0.4, -0.2) is 24.1 Å². The third-order valence-corrected chi connectivity index (χ3v) is 6.18. The number of hydrogen-bond acceptors (Lipinski definition) is 6. The summed E-state index contributed by atoms with van der Waals surface area (Å²) < 4.78 is 4.67. The summed E-state index contributed by atoms with van der Waals surface area (Å²) in [7, 11) is 3.41. The van der Waals surface area contributed by atoms with Crippen molar-refractivity contribution >= 4 is 27.5 Å². The van der Waals surface area contributed by atoms with Crippen LogP contribution in [-0.2, 0) is 14.1 Å². The summed E-state index contributed by atoms with van der Waals surface area (Å²) in [5.41, 5.74) is 2.81. The Bertz CT molecular complexity index is 1560. The number of pyridine rings is 1. The lowest BCUT2D eigenvalue weighted by atomic mass is 10.0. The van der Waals surface area contributed by atoms with Crippen LogP contribution in [0.2, 0.25) is 0 Å². The van der Waals surface area contributed by atoms with Gasteiger partial charge in [0.2, 0.25) is 0 Å². The number of nitrogens with zero attached hydrogens (tertiary/aromatic N) is 6. The van der Waals surface area contributed by atoms with Gasteiger partial charge in [-0.15, -0.1) is 0 Å². The van der Waals surface area contributed by atoms with E-state index in [1.807, 2.05) is 33.0 Å². The number of fused-ring (bicyclic) bond motifs is 2. The molecule has 0 bridgehead atoms. The maximum absolute atomic E-state index is 12.6. The zero-order valence-electron chi connectivity index (χ0n) is 18.4. The van der Waals surface area contributed by atoms with Crippen LogP contribution < -0.4 is 16.4 Å². The van der Waals surface area contributed by atoms with Crippen LogP contribution in [0.5, 0.6) is 0 Å². The molecule has 1 unspecified atom stereocenters. The first kappa shape index (κ1) is 20.0. The first-order valence-electron chi connectivity index (χ1n) is 10.6. The molecule has 0 aliphatic heterocycles. The fraction of sp³-hybridized carbons (Fsp3) is 0.348. The molecule has 1 fully saturated rings. The number of nitrogens with one attached hydrogen (secondary N) is 1. The molecule has 3 aromatic heterocycles. The molecule has 0 saturated heterocycles. The molecule has 5 rings (SSSR count). The van der Waals surface area contributed by atoms with Gasteiger partial charge in [-0.25, -0.2) is 4.68 Å². The smallest absolute Gasteiger partial charge is 0.274 e. The van der Waals surface area contributed by atoms with Gasteiger partial charge in [0.15, 0.2) is 11.5 Å². The quantitative estimate of drug-likeness (QED) is 0.534. The van der Waals surface area contributed by atoms with Crippen LogP contribution in [0, 0.1) is 18.3 Å². The molecular weight excluding hydrogens is 406 g/mol. The van der Waals surface area contributed by atoms with Crippen molar-refractivity contribution in [3.8, 4) is 6.07 Å². The fourth-order valence-corrected chi connectivity index (χ4v) is 4.31. The Kier molecular flexibility index (Phi) is 4.41. The zero-order valence-corrected chi connectivity index (χ0v) is 18.4. The van der Waals surface area contributed by atoms with Gasteiger partial charge in [-0.2, -0.15) is 15.5 Å². The van der Waals surface area contributed by atoms with Crippen molar-refractivity contribution in [2.24, 2.45) is 14.1 Å². The Hall–Kier alpha value is -3.93. The predicted octanol–water partition coefficient (Wildman–Crippen LogP) is 2.67. The second-order valence-corrected chi connectivity index (χ2v) is 8.54. The van der Waals surface area contributed by atoms with E-state index < -0.39 is 0 Å². The number of benzene rings is 1. The summed E-state index contributed by atoms with van der Waals surface area (Å²) in [4.78, 5) is 25.1. The highest BCUT2D eigenvalue weighted by Gasteiger charge is 2.26. The van der Waals surface area contributed by atoms with Crippen molar-refractivity contribution in [3.05, 3.63) is 61.9 Å². The molecule has 1 aromatic carbocycles. The summed E-state index contributed by atoms with van der Waals surface area (Å²) in [5.74, 6) is 0.546. The second-order valence-electron chi connectivity index (χ2n) is 8.54. The zero-order chi connectivity index (χ0) is 22.7. The molecule has 162 valence electrons. The van der Waals surface area contributed by atoms with Gasteiger partial charge in [0, 0.05) is 43.2 Å². The molecule has 32 heavy (non-hydrogen) atoms. The van der Waals surface area contributed by atoms with Crippen LogP contribution in [0.4, 0.5) is 5.82 Å². The molecule has 9 heteroatoms. The number of rotatable bonds is 4. The number of anilines is 1. The van der Waals surface area contributed by atoms with Gasteiger partial charge >= 0.3 is 0 Å². The summed E-state index contributed by atoms with van der Waals surface area (Å²) in [6.07, 6.45) is 3.70. The minimum Gasteiger partial charge on any atom is -0.362 e. The van der Waals surface area contributed by atoms with Crippen LogP contribution in [0.1, 0.15) is 48.7 Å². The van der Waals surface area contributed by atoms with Gasteiger partial charge in [0.25, 0.3) is 11.1 Å². The molecule has 1 atom stereocenters. The molecule has 1 N–H and O–H groups in total. The van der Waals surface area contributed by atoms with E-state index in [0.717, 1.165) is 34.9 Å². The number of aryl methyl sites for hydroxylation is 3. The van der Waals surface area contributed by atoms with Gasteiger partial charge in [0.05, 0.1) is 16.9 Å². The Balaban J connectivity index is 1.61. The van der Waals surface area contributed by atoms with Crippen LogP contribution in [0.15, 0.2) is 34.0 Å². The fourth-order valence-electron chi connectivity index (χ4n) is 4.31. The molecule has 1 aliphatic carbocycles. The third-order valence-electron chi connectivity index (χ3n) is 6.18. The van der Waals surface area contributed by atoms with Crippen LogP contribution >= 0.6 is 0 Å². The topological polar surface area (TPSA) is 111 Å². The van der Waals surface area contributed by atoms with E-state index in [2.05, 4.69) is 21.6 Å². The molecular formula is C23H23N7O2. The van der Waals surface area contributed by atoms with E-state index in [-0.39, 0.29) is 23.2 Å². The maximum Gasteiger partial charge on any atom is 0.274 e. The summed E-state index contributed by atoms with van der Waals surface area (Å²) >= 11 is 0. The highest BCUT2D eigenvalue weighted by atomic mass is 16.1. The first-order chi connectivity index (χ1) is 15.3. The Labute approximate surface area is 183 Å². The van der Waals surface area contributed by atoms with Crippen molar-refractivity contribution in [3.63, 3.8) is 0 Å². The molecule has 0 radical (unpaired) electrons. The molecule has 3 heterocycles. The lowest BCUT2D eigenvalue weighted by molar-refractivity contribution is 0.698. The van der Waals surface area contributed by atoms with Gasteiger partial charge in [-0.3, -0.25) is 14.3 Å². The Morgan fingerprint density at radius 3 is 2.56 bits per heavy atom. The van der Waals surface area contributed by atoms with E-state index in [9.17, 15) is 14.9 Å². The molecule has 9 nitrogen and oxygen atoms in total. The summed E-state index contributed by atoms with van der Waals surface area (Å²) in [6.45, 7) is 3.98. The highest BCUT2D eigenvalue weighted by molar-refractivity contribution is 5.91. The van der Waals surface area contributed by atoms with Gasteiger partial charge < -0.3 is 9.88 Å².